The maximum Gasteiger partial charge on any atom is 0.259 e. The molecule has 0 spiro atoms. The van der Waals surface area contributed by atoms with Crippen molar-refractivity contribution in [2.75, 3.05) is 11.9 Å². The first-order valence-electron chi connectivity index (χ1n) is 17.2. The second-order valence-corrected chi connectivity index (χ2v) is 18.5. The van der Waals surface area contributed by atoms with Gasteiger partial charge in [0.05, 0.1) is 22.6 Å². The second-order valence-electron chi connectivity index (χ2n) is 14.3. The Morgan fingerprint density at radius 1 is 1.20 bits per heavy atom. The zero-order valence-electron chi connectivity index (χ0n) is 27.6. The molecule has 7 atom stereocenters. The smallest absolute Gasteiger partial charge is 0.259 e. The van der Waals surface area contributed by atoms with Gasteiger partial charge in [-0.05, 0) is 63.6 Å². The molecule has 15 heteroatoms. The van der Waals surface area contributed by atoms with Crippen molar-refractivity contribution in [3.05, 3.63) is 64.9 Å². The Labute approximate surface area is 304 Å². The van der Waals surface area contributed by atoms with E-state index < -0.39 is 62.0 Å². The van der Waals surface area contributed by atoms with Crippen molar-refractivity contribution < 1.29 is 31.9 Å². The van der Waals surface area contributed by atoms with Gasteiger partial charge in [0.25, 0.3) is 5.91 Å². The van der Waals surface area contributed by atoms with E-state index in [1.165, 1.54) is 28.8 Å². The fourth-order valence-corrected chi connectivity index (χ4v) is 10.1. The van der Waals surface area contributed by atoms with Gasteiger partial charge in [-0.1, -0.05) is 77.0 Å². The number of nitrogens with one attached hydrogen (secondary N) is 3. The van der Waals surface area contributed by atoms with E-state index in [0.29, 0.717) is 30.2 Å². The number of sulfonamides is 1. The molecule has 3 aliphatic carbocycles. The average Bonchev–Trinajstić information content (AvgIpc) is 3.88. The number of rotatable bonds is 6. The van der Waals surface area contributed by atoms with E-state index in [2.05, 4.69) is 37.4 Å². The molecule has 1 aromatic rings. The van der Waals surface area contributed by atoms with Gasteiger partial charge >= 0.3 is 0 Å². The zero-order chi connectivity index (χ0) is 35.3. The highest BCUT2D eigenvalue weighted by atomic mass is 79.9. The van der Waals surface area contributed by atoms with E-state index >= 15 is 0 Å². The summed E-state index contributed by atoms with van der Waals surface area (Å²) in [6.07, 6.45) is 14.2. The lowest BCUT2D eigenvalue weighted by Gasteiger charge is -2.30. The number of nitrogens with zero attached hydrogens (tertiary/aromatic N) is 2. The maximum absolute atomic E-state index is 14.4. The molecule has 2 saturated carbocycles. The summed E-state index contributed by atoms with van der Waals surface area (Å²) in [7, 11) is -3.95. The number of halogens is 2. The third-order valence-electron chi connectivity index (χ3n) is 10.5. The minimum atomic E-state index is -3.95. The van der Waals surface area contributed by atoms with Crippen LogP contribution in [0.25, 0.3) is 0 Å². The number of benzene rings is 1. The fraction of sp³-hybridized carbons (Fsp3) is 0.543. The number of ether oxygens (including phenoxy) is 1. The van der Waals surface area contributed by atoms with Gasteiger partial charge in [0.15, 0.2) is 0 Å². The molecule has 7 rings (SSSR count). The van der Waals surface area contributed by atoms with Crippen LogP contribution < -0.4 is 15.4 Å². The van der Waals surface area contributed by atoms with Crippen molar-refractivity contribution in [3.63, 3.8) is 0 Å². The number of carbonyl (C=O) groups is 3. The summed E-state index contributed by atoms with van der Waals surface area (Å²) in [5, 5.41) is 6.66. The normalized spacial score (nSPS) is 34.0. The quantitative estimate of drug-likeness (QED) is 0.353. The largest absolute Gasteiger partial charge is 0.468 e. The van der Waals surface area contributed by atoms with E-state index in [1.54, 1.807) is 19.1 Å². The molecule has 0 aromatic heterocycles. The predicted octanol–water partition coefficient (Wildman–Crippen LogP) is 4.67. The Bertz CT molecular complexity index is 1800. The highest BCUT2D eigenvalue weighted by molar-refractivity contribution is 9.11. The molecule has 0 radical (unpaired) electrons. The number of amides is 3. The SMILES string of the molecule is CC1(S(=O)(=O)NC(=O)[C@@]23C[C@H]2/C=C\CCCCC[C@H](Nc2cccc(F)c2)C(=O)N2C[C@H](OC4=NC5C=CC(Br)=CC5S4)C[C@H]2C(=O)N3)CC1. The second kappa shape index (κ2) is 13.8. The van der Waals surface area contributed by atoms with Crippen LogP contribution in [-0.4, -0.2) is 82.6 Å². The lowest BCUT2D eigenvalue weighted by atomic mass is 10.0. The average molecular weight is 791 g/mol. The monoisotopic (exact) mass is 789 g/mol. The third-order valence-corrected chi connectivity index (χ3v) is 14.3. The van der Waals surface area contributed by atoms with Gasteiger partial charge in [-0.2, -0.15) is 0 Å². The van der Waals surface area contributed by atoms with Crippen molar-refractivity contribution >= 4 is 66.4 Å². The Morgan fingerprint density at radius 2 is 2.02 bits per heavy atom. The van der Waals surface area contributed by atoms with Crippen molar-refractivity contribution in [3.8, 4) is 0 Å². The molecular weight excluding hydrogens is 749 g/mol. The molecule has 1 aromatic carbocycles. The number of carbonyl (C=O) groups excluding carboxylic acids is 3. The Balaban J connectivity index is 1.16. The molecule has 0 bridgehead atoms. The Kier molecular flexibility index (Phi) is 9.70. The molecule has 11 nitrogen and oxygen atoms in total. The molecule has 6 aliphatic rings. The summed E-state index contributed by atoms with van der Waals surface area (Å²) in [5.74, 6) is -2.50. The number of hydrogen-bond donors (Lipinski definition) is 3. The van der Waals surface area contributed by atoms with Gasteiger partial charge in [0, 0.05) is 22.5 Å². The first-order valence-corrected chi connectivity index (χ1v) is 20.4. The first kappa shape index (κ1) is 35.2. The molecule has 3 aliphatic heterocycles. The van der Waals surface area contributed by atoms with Crippen LogP contribution in [0.4, 0.5) is 10.1 Å². The Hall–Kier alpha value is -3.17. The minimum absolute atomic E-state index is 0.0634. The lowest BCUT2D eigenvalue weighted by molar-refractivity contribution is -0.140. The van der Waals surface area contributed by atoms with Crippen LogP contribution >= 0.6 is 27.7 Å². The lowest BCUT2D eigenvalue weighted by Crippen LogP contribution is -2.58. The Morgan fingerprint density at radius 3 is 2.80 bits per heavy atom. The minimum Gasteiger partial charge on any atom is -0.468 e. The first-order chi connectivity index (χ1) is 23.9. The van der Waals surface area contributed by atoms with Crippen LogP contribution in [-0.2, 0) is 29.1 Å². The molecular formula is C35H41BrFN5O6S2. The van der Waals surface area contributed by atoms with Crippen LogP contribution in [0.5, 0.6) is 0 Å². The summed E-state index contributed by atoms with van der Waals surface area (Å²) in [5.41, 5.74) is -1.02. The van der Waals surface area contributed by atoms with Gasteiger partial charge in [0.1, 0.15) is 29.5 Å². The highest BCUT2D eigenvalue weighted by Crippen LogP contribution is 2.47. The number of anilines is 1. The van der Waals surface area contributed by atoms with E-state index in [0.717, 1.165) is 30.2 Å². The molecule has 2 unspecified atom stereocenters. The van der Waals surface area contributed by atoms with Crippen LogP contribution in [0, 0.1) is 11.7 Å². The topological polar surface area (TPSA) is 146 Å². The number of fused-ring (bicyclic) bond motifs is 3. The van der Waals surface area contributed by atoms with E-state index in [1.807, 2.05) is 24.3 Å². The van der Waals surface area contributed by atoms with Crippen LogP contribution in [0.3, 0.4) is 0 Å². The van der Waals surface area contributed by atoms with Crippen molar-refractivity contribution in [2.24, 2.45) is 10.9 Å². The molecule has 3 fully saturated rings. The van der Waals surface area contributed by atoms with Crippen molar-refractivity contribution in [1.82, 2.24) is 14.9 Å². The molecule has 1 saturated heterocycles. The molecule has 3 heterocycles. The van der Waals surface area contributed by atoms with Gasteiger partial charge in [-0.3, -0.25) is 19.1 Å². The summed E-state index contributed by atoms with van der Waals surface area (Å²) in [6.45, 7) is 1.70. The fourth-order valence-electron chi connectivity index (χ4n) is 7.03. The van der Waals surface area contributed by atoms with E-state index in [9.17, 15) is 27.2 Å². The summed E-state index contributed by atoms with van der Waals surface area (Å²) in [4.78, 5) is 48.7. The number of aliphatic imine (C=N–C) groups is 1. The van der Waals surface area contributed by atoms with Crippen LogP contribution in [0.15, 0.2) is 64.1 Å². The highest BCUT2D eigenvalue weighted by Gasteiger charge is 2.63. The molecule has 3 N–H and O–H groups in total. The number of allylic oxidation sites excluding steroid dienone is 3. The summed E-state index contributed by atoms with van der Waals surface area (Å²) < 4.78 is 48.9. The van der Waals surface area contributed by atoms with Gasteiger partial charge < -0.3 is 20.3 Å². The van der Waals surface area contributed by atoms with E-state index in [-0.39, 0.29) is 36.6 Å². The van der Waals surface area contributed by atoms with Gasteiger partial charge in [0.2, 0.25) is 27.1 Å². The van der Waals surface area contributed by atoms with Crippen LogP contribution in [0.1, 0.15) is 64.7 Å². The molecule has 268 valence electrons. The van der Waals surface area contributed by atoms with Crippen LogP contribution in [0.2, 0.25) is 0 Å². The number of thioether (sulfide) groups is 1. The molecule has 50 heavy (non-hydrogen) atoms. The molecule has 3 amide bonds. The van der Waals surface area contributed by atoms with Crippen molar-refractivity contribution in [2.45, 2.75) is 104 Å². The zero-order valence-corrected chi connectivity index (χ0v) is 30.9. The number of hydrogen-bond acceptors (Lipinski definition) is 9. The summed E-state index contributed by atoms with van der Waals surface area (Å²) in [6, 6.07) is 4.07. The third kappa shape index (κ3) is 7.27. The van der Waals surface area contributed by atoms with Gasteiger partial charge in [-0.25, -0.2) is 17.8 Å². The predicted molar refractivity (Wildman–Crippen MR) is 193 cm³/mol. The van der Waals surface area contributed by atoms with Crippen molar-refractivity contribution in [1.29, 1.82) is 0 Å². The maximum atomic E-state index is 14.4. The van der Waals surface area contributed by atoms with Gasteiger partial charge in [-0.15, -0.1) is 0 Å². The summed E-state index contributed by atoms with van der Waals surface area (Å²) >= 11 is 4.99. The standard InChI is InChI=1S/C35H41BrFN5O6S2/c1-34(14-15-34)50(46,47)41-32(45)35-19-21(35)8-5-3-2-4-6-11-27(38-24-10-7-9-23(37)17-24)31(44)42-20-25(18-28(42)30(43)40-35)48-33-39-26-13-12-22(36)16-29(26)49-33/h5,7-10,12-13,16-17,21,25-29,38H,2-4,6,11,14-15,18-20H2,1H3,(H,40,43)(H,41,45)/b8-5-/t21-,25-,26?,27+,28+,29?,35-/m1/s1. The van der Waals surface area contributed by atoms with E-state index in [4.69, 9.17) is 9.73 Å².